The van der Waals surface area contributed by atoms with Crippen molar-refractivity contribution >= 4 is 11.6 Å². The maximum Gasteiger partial charge on any atom is 0.416 e. The number of hydrogen-bond donors (Lipinski definition) is 1. The first-order valence-electron chi connectivity index (χ1n) is 12.8. The predicted molar refractivity (Wildman–Crippen MR) is 145 cm³/mol. The van der Waals surface area contributed by atoms with Crippen LogP contribution in [0, 0.1) is 6.92 Å². The molecule has 5 aromatic rings. The van der Waals surface area contributed by atoms with Crippen molar-refractivity contribution in [2.24, 2.45) is 0 Å². The lowest BCUT2D eigenvalue weighted by Gasteiger charge is -2.23. The number of nitrogens with one attached hydrogen (secondary N) is 1. The van der Waals surface area contributed by atoms with E-state index in [0.29, 0.717) is 23.3 Å². The van der Waals surface area contributed by atoms with Crippen LogP contribution in [-0.4, -0.2) is 15.3 Å². The topological polar surface area (TPSA) is 46.4 Å². The summed E-state index contributed by atoms with van der Waals surface area (Å²) in [5.74, 6) is -0.901. The first-order chi connectivity index (χ1) is 18.8. The Hall–Kier alpha value is -4.39. The van der Waals surface area contributed by atoms with Crippen molar-refractivity contribution in [3.05, 3.63) is 143 Å². The molecule has 4 nitrogen and oxygen atoms in total. The molecule has 0 saturated heterocycles. The van der Waals surface area contributed by atoms with Gasteiger partial charge in [-0.3, -0.25) is 4.79 Å². The van der Waals surface area contributed by atoms with Crippen LogP contribution in [-0.2, 0) is 17.4 Å². The summed E-state index contributed by atoms with van der Waals surface area (Å²) < 4.78 is 42.8. The van der Waals surface area contributed by atoms with Gasteiger partial charge in [0.1, 0.15) is 5.65 Å². The zero-order chi connectivity index (χ0) is 27.4. The molecule has 39 heavy (non-hydrogen) atoms. The average molecular weight is 528 g/mol. The van der Waals surface area contributed by atoms with E-state index in [4.69, 9.17) is 0 Å². The normalized spacial score (nSPS) is 13.2. The van der Waals surface area contributed by atoms with Crippen molar-refractivity contribution in [2.45, 2.75) is 37.9 Å². The van der Waals surface area contributed by atoms with E-state index in [0.717, 1.165) is 29.0 Å². The average Bonchev–Trinajstić information content (AvgIpc) is 3.37. The van der Waals surface area contributed by atoms with Gasteiger partial charge >= 0.3 is 6.18 Å². The molecule has 1 N–H and O–H groups in total. The molecule has 2 atom stereocenters. The Balaban J connectivity index is 1.50. The fourth-order valence-corrected chi connectivity index (χ4v) is 5.03. The molecule has 0 aliphatic heterocycles. The van der Waals surface area contributed by atoms with E-state index in [-0.39, 0.29) is 18.4 Å². The number of nitrogens with zero attached hydrogens (tertiary/aromatic N) is 2. The Labute approximate surface area is 225 Å². The summed E-state index contributed by atoms with van der Waals surface area (Å²) in [6.07, 6.45) is -2.30. The highest BCUT2D eigenvalue weighted by Gasteiger charge is 2.32. The van der Waals surface area contributed by atoms with Gasteiger partial charge in [0, 0.05) is 24.2 Å². The van der Waals surface area contributed by atoms with Crippen LogP contribution >= 0.6 is 0 Å². The van der Waals surface area contributed by atoms with Gasteiger partial charge in [-0.1, -0.05) is 84.9 Å². The Bertz CT molecular complexity index is 1560. The van der Waals surface area contributed by atoms with E-state index in [9.17, 15) is 18.0 Å². The number of rotatable bonds is 8. The van der Waals surface area contributed by atoms with Crippen molar-refractivity contribution in [2.75, 3.05) is 0 Å². The largest absolute Gasteiger partial charge is 0.416 e. The molecule has 0 aliphatic carbocycles. The molecule has 0 spiro atoms. The van der Waals surface area contributed by atoms with E-state index >= 15 is 0 Å². The van der Waals surface area contributed by atoms with Crippen LogP contribution in [0.15, 0.2) is 109 Å². The lowest BCUT2D eigenvalue weighted by atomic mass is 9.90. The minimum absolute atomic E-state index is 0.0401. The summed E-state index contributed by atoms with van der Waals surface area (Å²) in [5, 5.41) is 3.16. The van der Waals surface area contributed by atoms with Gasteiger partial charge in [-0.05, 0) is 48.2 Å². The van der Waals surface area contributed by atoms with E-state index in [1.165, 1.54) is 6.07 Å². The molecule has 0 aliphatic rings. The molecule has 1 amide bonds. The summed E-state index contributed by atoms with van der Waals surface area (Å²) >= 11 is 0. The number of alkyl halides is 3. The third kappa shape index (κ3) is 6.03. The Kier molecular flexibility index (Phi) is 7.50. The van der Waals surface area contributed by atoms with E-state index in [2.05, 4.69) is 10.3 Å². The van der Waals surface area contributed by atoms with Crippen molar-refractivity contribution in [1.29, 1.82) is 0 Å². The van der Waals surface area contributed by atoms with Crippen LogP contribution in [0.5, 0.6) is 0 Å². The number of aryl methyl sites for hydroxylation is 1. The Morgan fingerprint density at radius 3 is 2.26 bits per heavy atom. The molecule has 198 valence electrons. The highest BCUT2D eigenvalue weighted by Crippen LogP contribution is 2.35. The lowest BCUT2D eigenvalue weighted by molar-refractivity contribution is -0.137. The highest BCUT2D eigenvalue weighted by molar-refractivity contribution is 5.78. The van der Waals surface area contributed by atoms with Crippen LogP contribution in [0.4, 0.5) is 13.2 Å². The highest BCUT2D eigenvalue weighted by atomic mass is 19.4. The van der Waals surface area contributed by atoms with Crippen molar-refractivity contribution in [1.82, 2.24) is 14.7 Å². The summed E-state index contributed by atoms with van der Waals surface area (Å²) in [7, 11) is 0. The number of hydrogen-bond acceptors (Lipinski definition) is 2. The van der Waals surface area contributed by atoms with Crippen molar-refractivity contribution in [3.8, 4) is 0 Å². The number of pyridine rings is 1. The van der Waals surface area contributed by atoms with Crippen LogP contribution in [0.1, 0.15) is 52.0 Å². The number of halogens is 3. The minimum atomic E-state index is -4.49. The monoisotopic (exact) mass is 527 g/mol. The molecule has 2 heterocycles. The van der Waals surface area contributed by atoms with Gasteiger partial charge in [0.25, 0.3) is 0 Å². The maximum absolute atomic E-state index is 13.6. The molecular formula is C32H28F3N3O. The molecule has 0 saturated carbocycles. The standard InChI is InChI=1S/C32H28F3N3O/c1-22-10-8-17-30-36-21-29(38(22)30)27(25-15-9-16-26(19-25)32(33,34)35)20-31(39)37-28(24-13-6-3-7-14-24)18-23-11-4-2-5-12-23/h2-17,19,21,27-28H,18,20H2,1H3,(H,37,39). The van der Waals surface area contributed by atoms with Gasteiger partial charge in [-0.25, -0.2) is 4.98 Å². The fraction of sp³-hybridized carbons (Fsp3) is 0.188. The first kappa shape index (κ1) is 26.2. The third-order valence-electron chi connectivity index (χ3n) is 6.93. The molecule has 7 heteroatoms. The number of carbonyl (C=O) groups excluding carboxylic acids is 1. The smallest absolute Gasteiger partial charge is 0.349 e. The molecule has 2 unspecified atom stereocenters. The zero-order valence-corrected chi connectivity index (χ0v) is 21.4. The van der Waals surface area contributed by atoms with Crippen molar-refractivity contribution in [3.63, 3.8) is 0 Å². The van der Waals surface area contributed by atoms with Gasteiger partial charge in [-0.15, -0.1) is 0 Å². The Morgan fingerprint density at radius 1 is 0.872 bits per heavy atom. The summed E-state index contributed by atoms with van der Waals surface area (Å²) in [6, 6.07) is 30.1. The quantitative estimate of drug-likeness (QED) is 0.230. The van der Waals surface area contributed by atoms with E-state index in [1.807, 2.05) is 90.2 Å². The molecule has 0 bridgehead atoms. The Morgan fingerprint density at radius 2 is 1.54 bits per heavy atom. The molecule has 5 rings (SSSR count). The molecule has 0 radical (unpaired) electrons. The number of imidazole rings is 1. The minimum Gasteiger partial charge on any atom is -0.349 e. The van der Waals surface area contributed by atoms with Gasteiger partial charge in [-0.2, -0.15) is 13.2 Å². The second-order valence-corrected chi connectivity index (χ2v) is 9.64. The number of fused-ring (bicyclic) bond motifs is 1. The molecule has 0 fully saturated rings. The second kappa shape index (κ2) is 11.2. The molecule has 3 aromatic carbocycles. The predicted octanol–water partition coefficient (Wildman–Crippen LogP) is 7.28. The molecule has 2 aromatic heterocycles. The van der Waals surface area contributed by atoms with Gasteiger partial charge < -0.3 is 9.72 Å². The number of aromatic nitrogens is 2. The zero-order valence-electron chi connectivity index (χ0n) is 21.4. The summed E-state index contributed by atoms with van der Waals surface area (Å²) in [6.45, 7) is 1.91. The number of benzene rings is 3. The van der Waals surface area contributed by atoms with Crippen LogP contribution < -0.4 is 5.32 Å². The molecular weight excluding hydrogens is 499 g/mol. The van der Waals surface area contributed by atoms with E-state index < -0.39 is 17.7 Å². The van der Waals surface area contributed by atoms with Crippen LogP contribution in [0.25, 0.3) is 5.65 Å². The summed E-state index contributed by atoms with van der Waals surface area (Å²) in [4.78, 5) is 18.1. The lowest BCUT2D eigenvalue weighted by Crippen LogP contribution is -2.31. The van der Waals surface area contributed by atoms with Crippen LogP contribution in [0.2, 0.25) is 0 Å². The number of carbonyl (C=O) groups is 1. The van der Waals surface area contributed by atoms with Gasteiger partial charge in [0.15, 0.2) is 0 Å². The SMILES string of the molecule is Cc1cccc2ncc(C(CC(=O)NC(Cc3ccccc3)c3ccccc3)c3cccc(C(F)(F)F)c3)n12. The van der Waals surface area contributed by atoms with Gasteiger partial charge in [0.05, 0.1) is 17.3 Å². The number of amides is 1. The fourth-order valence-electron chi connectivity index (χ4n) is 5.03. The van der Waals surface area contributed by atoms with Crippen LogP contribution in [0.3, 0.4) is 0 Å². The first-order valence-corrected chi connectivity index (χ1v) is 12.8. The second-order valence-electron chi connectivity index (χ2n) is 9.64. The summed E-state index contributed by atoms with van der Waals surface area (Å²) in [5.41, 5.74) is 3.90. The third-order valence-corrected chi connectivity index (χ3v) is 6.93. The van der Waals surface area contributed by atoms with Crippen molar-refractivity contribution < 1.29 is 18.0 Å². The van der Waals surface area contributed by atoms with Gasteiger partial charge in [0.2, 0.25) is 5.91 Å². The maximum atomic E-state index is 13.6. The van der Waals surface area contributed by atoms with E-state index in [1.54, 1.807) is 12.3 Å².